The number of likely N-dealkylation sites (tertiary alicyclic amines) is 1. The Kier molecular flexibility index (Phi) is 7.65. The summed E-state index contributed by atoms with van der Waals surface area (Å²) in [7, 11) is 0. The van der Waals surface area contributed by atoms with Crippen LogP contribution in [0.3, 0.4) is 0 Å². The van der Waals surface area contributed by atoms with Crippen molar-refractivity contribution in [1.29, 1.82) is 0 Å². The molecule has 5 rings (SSSR count). The van der Waals surface area contributed by atoms with E-state index in [1.54, 1.807) is 36.4 Å². The highest BCUT2D eigenvalue weighted by Crippen LogP contribution is 2.40. The van der Waals surface area contributed by atoms with Gasteiger partial charge < -0.3 is 10.6 Å². The summed E-state index contributed by atoms with van der Waals surface area (Å²) >= 11 is 19.6. The van der Waals surface area contributed by atoms with Gasteiger partial charge in [-0.05, 0) is 11.6 Å². The Morgan fingerprint density at radius 3 is 2.51 bits per heavy atom. The lowest BCUT2D eigenvalue weighted by atomic mass is 9.97. The van der Waals surface area contributed by atoms with Gasteiger partial charge in [0.05, 0.1) is 22.3 Å². The van der Waals surface area contributed by atoms with E-state index in [1.165, 1.54) is 10.7 Å². The summed E-state index contributed by atoms with van der Waals surface area (Å²) in [4.78, 5) is 39.5. The number of ketones is 1. The zero-order chi connectivity index (χ0) is 28.0. The molecule has 2 amide bonds. The number of thiophene rings is 1. The van der Waals surface area contributed by atoms with E-state index in [4.69, 9.17) is 40.5 Å². The Bertz CT molecular complexity index is 1640. The predicted octanol–water partition coefficient (Wildman–Crippen LogP) is 5.71. The lowest BCUT2D eigenvalue weighted by Crippen LogP contribution is -2.43. The molecule has 0 radical (unpaired) electrons. The first-order valence-corrected chi connectivity index (χ1v) is 13.6. The van der Waals surface area contributed by atoms with Crippen LogP contribution in [0.5, 0.6) is 0 Å². The number of hydrogen-bond donors (Lipinski definition) is 1. The highest BCUT2D eigenvalue weighted by Gasteiger charge is 2.40. The number of benzene rings is 2. The molecule has 0 bridgehead atoms. The van der Waals surface area contributed by atoms with Crippen molar-refractivity contribution in [3.8, 4) is 11.1 Å². The highest BCUT2D eigenvalue weighted by atomic mass is 35.5. The predicted molar refractivity (Wildman–Crippen MR) is 147 cm³/mol. The Hall–Kier alpha value is -3.05. The number of halogens is 5. The molecule has 4 aromatic rings. The number of primary amides is 1. The summed E-state index contributed by atoms with van der Waals surface area (Å²) in [5.41, 5.74) is 6.34. The SMILES string of the molecule is NC(=O)c1nn(CC(=O)N2C[C@H](F)C[C@H]2C(=O)Cc2cccc(-c3ccccc3Cl)c2F)c2c(Cl)c(Cl)sc12. The van der Waals surface area contributed by atoms with Crippen LogP contribution in [0, 0.1) is 5.82 Å². The van der Waals surface area contributed by atoms with Gasteiger partial charge in [0.25, 0.3) is 5.91 Å². The molecule has 0 saturated carbocycles. The number of hydrogen-bond acceptors (Lipinski definition) is 5. The molecular weight excluding hydrogens is 593 g/mol. The van der Waals surface area contributed by atoms with Crippen LogP contribution in [0.15, 0.2) is 42.5 Å². The van der Waals surface area contributed by atoms with E-state index >= 15 is 4.39 Å². The molecule has 13 heteroatoms. The number of aromatic nitrogens is 2. The average Bonchev–Trinajstić information content (AvgIpc) is 3.54. The number of rotatable bonds is 7. The van der Waals surface area contributed by atoms with Gasteiger partial charge in [-0.2, -0.15) is 5.10 Å². The third-order valence-corrected chi connectivity index (χ3v) is 8.85. The first-order valence-electron chi connectivity index (χ1n) is 11.7. The van der Waals surface area contributed by atoms with E-state index in [1.807, 2.05) is 0 Å². The topological polar surface area (TPSA) is 98.3 Å². The van der Waals surface area contributed by atoms with E-state index in [-0.39, 0.29) is 51.1 Å². The minimum atomic E-state index is -1.44. The number of alkyl halides is 1. The standard InChI is InChI=1S/C26H19Cl3F2N4O3S/c27-16-7-2-1-5-14(16)15-6-3-4-12(21(15)31)8-18(36)17-9-13(30)10-34(17)19(37)11-35-23-20(28)25(29)39-24(23)22(33-35)26(32)38/h1-7,13,17H,8-11H2,(H2,32,38)/t13-,17+/m1/s1. The number of nitrogens with two attached hydrogens (primary N) is 1. The molecule has 2 N–H and O–H groups in total. The maximum Gasteiger partial charge on any atom is 0.270 e. The summed E-state index contributed by atoms with van der Waals surface area (Å²) in [5, 5.41) is 4.55. The number of carbonyl (C=O) groups excluding carboxylic acids is 3. The minimum absolute atomic E-state index is 0.0933. The number of amides is 2. The lowest BCUT2D eigenvalue weighted by Gasteiger charge is -2.23. The maximum absolute atomic E-state index is 15.4. The average molecular weight is 612 g/mol. The number of carbonyl (C=O) groups is 3. The van der Waals surface area contributed by atoms with Crippen LogP contribution in [0.4, 0.5) is 8.78 Å². The van der Waals surface area contributed by atoms with Crippen molar-refractivity contribution >= 4 is 74.0 Å². The van der Waals surface area contributed by atoms with E-state index in [9.17, 15) is 18.8 Å². The van der Waals surface area contributed by atoms with Crippen molar-refractivity contribution in [2.45, 2.75) is 31.6 Å². The maximum atomic E-state index is 15.4. The number of fused-ring (bicyclic) bond motifs is 1. The zero-order valence-electron chi connectivity index (χ0n) is 20.0. The molecule has 39 heavy (non-hydrogen) atoms. The van der Waals surface area contributed by atoms with Crippen LogP contribution >= 0.6 is 46.1 Å². The summed E-state index contributed by atoms with van der Waals surface area (Å²) in [5.74, 6) is -2.59. The Morgan fingerprint density at radius 2 is 1.79 bits per heavy atom. The Morgan fingerprint density at radius 1 is 1.08 bits per heavy atom. The van der Waals surface area contributed by atoms with Crippen molar-refractivity contribution in [2.75, 3.05) is 6.54 Å². The second-order valence-electron chi connectivity index (χ2n) is 9.03. The van der Waals surface area contributed by atoms with Gasteiger partial charge in [-0.3, -0.25) is 19.1 Å². The molecule has 7 nitrogen and oxygen atoms in total. The van der Waals surface area contributed by atoms with Gasteiger partial charge in [0.15, 0.2) is 11.5 Å². The first-order chi connectivity index (χ1) is 18.6. The molecular formula is C26H19Cl3F2N4O3S. The van der Waals surface area contributed by atoms with Crippen LogP contribution in [-0.2, 0) is 22.6 Å². The third-order valence-electron chi connectivity index (χ3n) is 6.55. The van der Waals surface area contributed by atoms with Crippen LogP contribution in [0.1, 0.15) is 22.5 Å². The smallest absolute Gasteiger partial charge is 0.270 e. The van der Waals surface area contributed by atoms with Crippen molar-refractivity contribution in [3.05, 3.63) is 73.9 Å². The van der Waals surface area contributed by atoms with Crippen LogP contribution < -0.4 is 5.73 Å². The van der Waals surface area contributed by atoms with Crippen molar-refractivity contribution < 1.29 is 23.2 Å². The van der Waals surface area contributed by atoms with Crippen LogP contribution in [0.25, 0.3) is 21.3 Å². The zero-order valence-corrected chi connectivity index (χ0v) is 23.1. The number of Topliss-reactive ketones (excluding diaryl/α,β-unsaturated/α-hetero) is 1. The van der Waals surface area contributed by atoms with E-state index in [0.29, 0.717) is 15.3 Å². The van der Waals surface area contributed by atoms with Crippen molar-refractivity contribution in [3.63, 3.8) is 0 Å². The monoisotopic (exact) mass is 610 g/mol. The molecule has 0 aliphatic carbocycles. The molecule has 1 fully saturated rings. The van der Waals surface area contributed by atoms with Gasteiger partial charge >= 0.3 is 0 Å². The molecule has 0 unspecified atom stereocenters. The summed E-state index contributed by atoms with van der Waals surface area (Å²) in [6.45, 7) is -0.758. The molecule has 2 aromatic carbocycles. The summed E-state index contributed by atoms with van der Waals surface area (Å²) < 4.78 is 31.6. The molecule has 1 saturated heterocycles. The van der Waals surface area contributed by atoms with Gasteiger partial charge in [-0.1, -0.05) is 71.2 Å². The summed E-state index contributed by atoms with van der Waals surface area (Å²) in [6.07, 6.45) is -2.02. The van der Waals surface area contributed by atoms with Crippen LogP contribution in [-0.4, -0.2) is 51.0 Å². The Labute approximate surface area is 240 Å². The molecule has 202 valence electrons. The second-order valence-corrected chi connectivity index (χ2v) is 11.4. The first kappa shape index (κ1) is 27.5. The minimum Gasteiger partial charge on any atom is -0.364 e. The third kappa shape index (κ3) is 5.14. The molecule has 0 spiro atoms. The van der Waals surface area contributed by atoms with Gasteiger partial charge in [0, 0.05) is 29.0 Å². The molecule has 1 aliphatic rings. The fraction of sp³-hybridized carbons (Fsp3) is 0.231. The van der Waals surface area contributed by atoms with Gasteiger partial charge in [-0.15, -0.1) is 11.3 Å². The van der Waals surface area contributed by atoms with Gasteiger partial charge in [-0.25, -0.2) is 8.78 Å². The second kappa shape index (κ2) is 10.8. The molecule has 2 aromatic heterocycles. The largest absolute Gasteiger partial charge is 0.364 e. The molecule has 2 atom stereocenters. The molecule has 3 heterocycles. The van der Waals surface area contributed by atoms with Crippen molar-refractivity contribution in [1.82, 2.24) is 14.7 Å². The van der Waals surface area contributed by atoms with E-state index < -0.39 is 42.2 Å². The number of nitrogens with zero attached hydrogens (tertiary/aromatic N) is 3. The van der Waals surface area contributed by atoms with Gasteiger partial charge in [0.1, 0.15) is 28.4 Å². The summed E-state index contributed by atoms with van der Waals surface area (Å²) in [6, 6.07) is 10.3. The highest BCUT2D eigenvalue weighted by molar-refractivity contribution is 7.23. The quantitative estimate of drug-likeness (QED) is 0.289. The van der Waals surface area contributed by atoms with Gasteiger partial charge in [0.2, 0.25) is 5.91 Å². The Balaban J connectivity index is 1.39. The van der Waals surface area contributed by atoms with Crippen molar-refractivity contribution in [2.24, 2.45) is 5.73 Å². The lowest BCUT2D eigenvalue weighted by molar-refractivity contribution is -0.138. The molecule has 1 aliphatic heterocycles. The fourth-order valence-corrected chi connectivity index (χ4v) is 6.58. The van der Waals surface area contributed by atoms with E-state index in [0.717, 1.165) is 16.2 Å². The fourth-order valence-electron chi connectivity index (χ4n) is 4.75. The van der Waals surface area contributed by atoms with E-state index in [2.05, 4.69) is 5.10 Å². The van der Waals surface area contributed by atoms with Crippen LogP contribution in [0.2, 0.25) is 14.4 Å². The normalized spacial score (nSPS) is 17.2.